The predicted octanol–water partition coefficient (Wildman–Crippen LogP) is 6.87. The van der Waals surface area contributed by atoms with Crippen LogP contribution in [0.3, 0.4) is 0 Å². The maximum atomic E-state index is 12.4. The van der Waals surface area contributed by atoms with Crippen molar-refractivity contribution < 1.29 is 28.0 Å². The summed E-state index contributed by atoms with van der Waals surface area (Å²) in [4.78, 5) is 12.4. The number of hydrogen-bond donors (Lipinski definition) is 4. The lowest BCUT2D eigenvalue weighted by atomic mass is 10.0. The Morgan fingerprint density at radius 3 is 1.58 bits per heavy atom. The zero-order valence-electron chi connectivity index (χ0n) is 24.4. The first-order chi connectivity index (χ1) is 18.2. The first-order valence-corrected chi connectivity index (χ1v) is 17.1. The van der Waals surface area contributed by atoms with E-state index in [1.54, 1.807) is 6.08 Å². The molecule has 0 fully saturated rings. The Labute approximate surface area is 234 Å². The lowest BCUT2D eigenvalue weighted by Gasteiger charge is -2.22. The molecule has 0 aliphatic heterocycles. The Bertz CT molecular complexity index is 682. The van der Waals surface area contributed by atoms with Crippen molar-refractivity contribution in [2.75, 3.05) is 5.75 Å². The number of aliphatic hydroxyl groups is 2. The smallest absolute Gasteiger partial charge is 0.267 e. The van der Waals surface area contributed by atoms with Gasteiger partial charge in [-0.25, -0.2) is 0 Å². The predicted molar refractivity (Wildman–Crippen MR) is 158 cm³/mol. The van der Waals surface area contributed by atoms with Crippen molar-refractivity contribution in [3.05, 3.63) is 12.2 Å². The van der Waals surface area contributed by atoms with Crippen molar-refractivity contribution in [1.82, 2.24) is 5.32 Å². The van der Waals surface area contributed by atoms with Crippen molar-refractivity contribution in [1.29, 1.82) is 0 Å². The molecule has 38 heavy (non-hydrogen) atoms. The quantitative estimate of drug-likeness (QED) is 0.0493. The third-order valence-electron chi connectivity index (χ3n) is 7.07. The van der Waals surface area contributed by atoms with Gasteiger partial charge in [-0.2, -0.15) is 8.42 Å². The van der Waals surface area contributed by atoms with Gasteiger partial charge >= 0.3 is 0 Å². The van der Waals surface area contributed by atoms with Crippen LogP contribution in [0.15, 0.2) is 12.2 Å². The maximum Gasteiger partial charge on any atom is 0.267 e. The molecule has 0 saturated heterocycles. The number of allylic oxidation sites excluding steroid dienone is 1. The monoisotopic (exact) mass is 561 g/mol. The molecule has 0 saturated carbocycles. The Morgan fingerprint density at radius 2 is 1.13 bits per heavy atom. The summed E-state index contributed by atoms with van der Waals surface area (Å²) in [6, 6.07) is -1.22. The normalized spacial score (nSPS) is 14.6. The number of nitrogens with one attached hydrogen (secondary N) is 1. The number of unbranched alkanes of at least 4 members (excludes halogenated alkanes) is 18. The number of carbonyl (C=O) groups excluding carboxylic acids is 1. The molecule has 226 valence electrons. The van der Waals surface area contributed by atoms with E-state index in [2.05, 4.69) is 19.2 Å². The Hall–Kier alpha value is -0.960. The minimum atomic E-state index is -4.41. The molecule has 3 unspecified atom stereocenters. The number of hydrogen-bond acceptors (Lipinski definition) is 5. The number of amides is 1. The summed E-state index contributed by atoms with van der Waals surface area (Å²) in [5.41, 5.74) is 0. The second-order valence-electron chi connectivity index (χ2n) is 10.9. The fourth-order valence-electron chi connectivity index (χ4n) is 4.63. The van der Waals surface area contributed by atoms with Gasteiger partial charge in [0, 0.05) is 0 Å². The molecular formula is C30H59NO6S. The van der Waals surface area contributed by atoms with E-state index in [0.717, 1.165) is 44.9 Å². The first-order valence-electron chi connectivity index (χ1n) is 15.5. The van der Waals surface area contributed by atoms with Gasteiger partial charge in [0.25, 0.3) is 10.1 Å². The van der Waals surface area contributed by atoms with Crippen molar-refractivity contribution in [2.24, 2.45) is 0 Å². The van der Waals surface area contributed by atoms with Crippen molar-refractivity contribution >= 4 is 16.0 Å². The molecule has 0 spiro atoms. The largest absolute Gasteiger partial charge is 0.387 e. The maximum absolute atomic E-state index is 12.4. The van der Waals surface area contributed by atoms with Crippen molar-refractivity contribution in [3.8, 4) is 0 Å². The minimum absolute atomic E-state index is 0.284. The summed E-state index contributed by atoms with van der Waals surface area (Å²) >= 11 is 0. The van der Waals surface area contributed by atoms with Crippen LogP contribution in [0, 0.1) is 0 Å². The van der Waals surface area contributed by atoms with Crippen molar-refractivity contribution in [2.45, 2.75) is 167 Å². The van der Waals surface area contributed by atoms with Gasteiger partial charge < -0.3 is 15.5 Å². The average molecular weight is 562 g/mol. The van der Waals surface area contributed by atoms with Crippen LogP contribution < -0.4 is 5.32 Å². The molecular weight excluding hydrogens is 502 g/mol. The van der Waals surface area contributed by atoms with Crippen LogP contribution in [-0.2, 0) is 14.9 Å². The summed E-state index contributed by atoms with van der Waals surface area (Å²) in [5.74, 6) is -1.54. The molecule has 8 heteroatoms. The van der Waals surface area contributed by atoms with Gasteiger partial charge in [-0.1, -0.05) is 142 Å². The van der Waals surface area contributed by atoms with Crippen LogP contribution in [0.5, 0.6) is 0 Å². The van der Waals surface area contributed by atoms with Gasteiger partial charge in [0.05, 0.1) is 17.9 Å². The zero-order chi connectivity index (χ0) is 28.5. The molecule has 0 bridgehead atoms. The molecule has 7 nitrogen and oxygen atoms in total. The molecule has 0 heterocycles. The van der Waals surface area contributed by atoms with Gasteiger partial charge in [-0.05, 0) is 19.3 Å². The highest BCUT2D eigenvalue weighted by Gasteiger charge is 2.27. The van der Waals surface area contributed by atoms with Crippen LogP contribution in [0.1, 0.15) is 149 Å². The Balaban J connectivity index is 3.99. The molecule has 0 aromatic heterocycles. The highest BCUT2D eigenvalue weighted by atomic mass is 32.2. The molecule has 0 radical (unpaired) electrons. The molecule has 3 atom stereocenters. The van der Waals surface area contributed by atoms with E-state index in [9.17, 15) is 28.0 Å². The van der Waals surface area contributed by atoms with Crippen LogP contribution in [0.2, 0.25) is 0 Å². The van der Waals surface area contributed by atoms with E-state index in [1.165, 1.54) is 83.1 Å². The third-order valence-corrected chi connectivity index (χ3v) is 7.85. The van der Waals surface area contributed by atoms with E-state index >= 15 is 0 Å². The SMILES string of the molecule is CCCCC/C=C/C(O)C(CS(=O)(=O)O)NC(=O)C(O)CCCCCCCCCCCCCCCCCC. The lowest BCUT2D eigenvalue weighted by Crippen LogP contribution is -2.50. The van der Waals surface area contributed by atoms with E-state index in [4.69, 9.17) is 0 Å². The van der Waals surface area contributed by atoms with Gasteiger partial charge in [-0.3, -0.25) is 9.35 Å². The van der Waals surface area contributed by atoms with Gasteiger partial charge in [0.2, 0.25) is 5.91 Å². The third kappa shape index (κ3) is 24.1. The number of carbonyl (C=O) groups is 1. The molecule has 4 N–H and O–H groups in total. The molecule has 0 aromatic rings. The second-order valence-corrected chi connectivity index (χ2v) is 12.4. The topological polar surface area (TPSA) is 124 Å². The fourth-order valence-corrected chi connectivity index (χ4v) is 5.36. The standard InChI is InChI=1S/C30H59NO6S/c1-3-5-7-9-10-11-12-13-14-15-16-17-18-19-21-23-25-29(33)30(34)31-27(26-38(35,36)37)28(32)24-22-20-8-6-4-2/h22,24,27-29,32-33H,3-21,23,25-26H2,1-2H3,(H,31,34)(H,35,36,37)/b24-22+. The number of aliphatic hydroxyl groups excluding tert-OH is 2. The zero-order valence-corrected chi connectivity index (χ0v) is 25.2. The van der Waals surface area contributed by atoms with E-state index in [1.807, 2.05) is 0 Å². The van der Waals surface area contributed by atoms with Gasteiger partial charge in [-0.15, -0.1) is 0 Å². The average Bonchev–Trinajstić information content (AvgIpc) is 2.86. The summed E-state index contributed by atoms with van der Waals surface area (Å²) in [7, 11) is -4.41. The van der Waals surface area contributed by atoms with E-state index in [0.29, 0.717) is 6.42 Å². The van der Waals surface area contributed by atoms with Gasteiger partial charge in [0.15, 0.2) is 0 Å². The fraction of sp³-hybridized carbons (Fsp3) is 0.900. The molecule has 1 amide bonds. The highest BCUT2D eigenvalue weighted by molar-refractivity contribution is 7.85. The number of rotatable bonds is 27. The minimum Gasteiger partial charge on any atom is -0.387 e. The summed E-state index contributed by atoms with van der Waals surface area (Å²) < 4.78 is 31.9. The molecule has 0 rings (SSSR count). The highest BCUT2D eigenvalue weighted by Crippen LogP contribution is 2.14. The Morgan fingerprint density at radius 1 is 0.711 bits per heavy atom. The van der Waals surface area contributed by atoms with Crippen LogP contribution in [0.4, 0.5) is 0 Å². The first kappa shape index (κ1) is 37.0. The van der Waals surface area contributed by atoms with Crippen molar-refractivity contribution in [3.63, 3.8) is 0 Å². The second kappa shape index (κ2) is 25.0. The molecule has 0 aliphatic carbocycles. The van der Waals surface area contributed by atoms with Crippen LogP contribution in [0.25, 0.3) is 0 Å². The van der Waals surface area contributed by atoms with Crippen LogP contribution in [-0.4, -0.2) is 53.1 Å². The molecule has 0 aliphatic rings. The van der Waals surface area contributed by atoms with E-state index < -0.39 is 40.0 Å². The lowest BCUT2D eigenvalue weighted by molar-refractivity contribution is -0.130. The summed E-state index contributed by atoms with van der Waals surface area (Å²) in [6.07, 6.45) is 24.7. The van der Waals surface area contributed by atoms with Gasteiger partial charge in [0.1, 0.15) is 6.10 Å². The molecule has 0 aromatic carbocycles. The summed E-state index contributed by atoms with van der Waals surface area (Å²) in [6.45, 7) is 4.34. The Kier molecular flexibility index (Phi) is 24.4. The summed E-state index contributed by atoms with van der Waals surface area (Å²) in [5, 5.41) is 22.9. The van der Waals surface area contributed by atoms with Crippen LogP contribution >= 0.6 is 0 Å². The van der Waals surface area contributed by atoms with E-state index in [-0.39, 0.29) is 6.42 Å².